The largest absolute Gasteiger partial charge is 0.392 e. The van der Waals surface area contributed by atoms with Gasteiger partial charge in [0, 0.05) is 19.6 Å². The number of likely N-dealkylation sites (tertiary alicyclic amines) is 1. The van der Waals surface area contributed by atoms with Crippen molar-refractivity contribution in [2.45, 2.75) is 38.7 Å². The lowest BCUT2D eigenvalue weighted by atomic mass is 10.2. The Morgan fingerprint density at radius 2 is 1.93 bits per heavy atom. The zero-order chi connectivity index (χ0) is 11.1. The molecule has 2 N–H and O–H groups in total. The van der Waals surface area contributed by atoms with E-state index >= 15 is 0 Å². The van der Waals surface area contributed by atoms with E-state index in [1.165, 1.54) is 12.8 Å². The molecule has 0 aromatic rings. The van der Waals surface area contributed by atoms with Gasteiger partial charge in [-0.3, -0.25) is 4.79 Å². The van der Waals surface area contributed by atoms with E-state index in [4.69, 9.17) is 5.11 Å². The first kappa shape index (κ1) is 12.5. The number of aliphatic hydroxyl groups is 1. The quantitative estimate of drug-likeness (QED) is 0.710. The van der Waals surface area contributed by atoms with Crippen LogP contribution in [-0.4, -0.2) is 48.2 Å². The van der Waals surface area contributed by atoms with E-state index in [-0.39, 0.29) is 12.0 Å². The highest BCUT2D eigenvalue weighted by Gasteiger charge is 2.14. The van der Waals surface area contributed by atoms with Crippen molar-refractivity contribution < 1.29 is 9.90 Å². The van der Waals surface area contributed by atoms with Gasteiger partial charge in [-0.2, -0.15) is 0 Å². The van der Waals surface area contributed by atoms with Gasteiger partial charge in [-0.25, -0.2) is 0 Å². The first-order valence-electron chi connectivity index (χ1n) is 5.86. The van der Waals surface area contributed by atoms with Crippen molar-refractivity contribution in [3.63, 3.8) is 0 Å². The minimum absolute atomic E-state index is 0.164. The summed E-state index contributed by atoms with van der Waals surface area (Å²) in [6, 6.07) is 0. The van der Waals surface area contributed by atoms with E-state index in [9.17, 15) is 4.79 Å². The predicted molar refractivity (Wildman–Crippen MR) is 59.6 cm³/mol. The van der Waals surface area contributed by atoms with Crippen LogP contribution in [0, 0.1) is 0 Å². The van der Waals surface area contributed by atoms with Crippen LogP contribution in [0.2, 0.25) is 0 Å². The molecule has 0 bridgehead atoms. The molecule has 1 aliphatic heterocycles. The van der Waals surface area contributed by atoms with Crippen LogP contribution in [0.3, 0.4) is 0 Å². The maximum atomic E-state index is 11.7. The maximum absolute atomic E-state index is 11.7. The average molecular weight is 214 g/mol. The summed E-state index contributed by atoms with van der Waals surface area (Å²) < 4.78 is 0. The van der Waals surface area contributed by atoms with Crippen LogP contribution in [-0.2, 0) is 4.79 Å². The number of nitrogens with zero attached hydrogens (tertiary/aromatic N) is 1. The van der Waals surface area contributed by atoms with Crippen LogP contribution in [0.5, 0.6) is 0 Å². The summed E-state index contributed by atoms with van der Waals surface area (Å²) in [4.78, 5) is 13.6. The Morgan fingerprint density at radius 1 is 1.33 bits per heavy atom. The SMILES string of the molecule is CC(O)CNCC(=O)N1CCCCCC1. The number of hydrogen-bond acceptors (Lipinski definition) is 3. The highest BCUT2D eigenvalue weighted by atomic mass is 16.3. The number of carbonyl (C=O) groups excluding carboxylic acids is 1. The average Bonchev–Trinajstić information content (AvgIpc) is 2.44. The third-order valence-electron chi connectivity index (χ3n) is 2.67. The van der Waals surface area contributed by atoms with Gasteiger partial charge in [0.05, 0.1) is 12.6 Å². The second kappa shape index (κ2) is 6.80. The highest BCUT2D eigenvalue weighted by molar-refractivity contribution is 5.78. The fraction of sp³-hybridized carbons (Fsp3) is 0.909. The molecular weight excluding hydrogens is 192 g/mol. The first-order valence-corrected chi connectivity index (χ1v) is 5.86. The first-order chi connectivity index (χ1) is 7.20. The molecular formula is C11H22N2O2. The Balaban J connectivity index is 2.19. The van der Waals surface area contributed by atoms with Crippen LogP contribution < -0.4 is 5.32 Å². The Hall–Kier alpha value is -0.610. The van der Waals surface area contributed by atoms with Crippen LogP contribution in [0.25, 0.3) is 0 Å². The molecule has 4 heteroatoms. The Kier molecular flexibility index (Phi) is 5.65. The van der Waals surface area contributed by atoms with E-state index in [1.807, 2.05) is 4.90 Å². The van der Waals surface area contributed by atoms with Gasteiger partial charge in [0.25, 0.3) is 0 Å². The fourth-order valence-corrected chi connectivity index (χ4v) is 1.82. The lowest BCUT2D eigenvalue weighted by Crippen LogP contribution is -2.40. The van der Waals surface area contributed by atoms with Crippen molar-refractivity contribution in [1.82, 2.24) is 10.2 Å². The number of carbonyl (C=O) groups is 1. The molecule has 0 saturated carbocycles. The van der Waals surface area contributed by atoms with Crippen molar-refractivity contribution in [1.29, 1.82) is 0 Å². The molecule has 1 rings (SSSR count). The minimum Gasteiger partial charge on any atom is -0.392 e. The Morgan fingerprint density at radius 3 is 2.47 bits per heavy atom. The zero-order valence-electron chi connectivity index (χ0n) is 9.54. The summed E-state index contributed by atoms with van der Waals surface area (Å²) in [6.45, 7) is 4.35. The van der Waals surface area contributed by atoms with Gasteiger partial charge in [0.15, 0.2) is 0 Å². The van der Waals surface area contributed by atoms with Gasteiger partial charge in [0.2, 0.25) is 5.91 Å². The van der Waals surface area contributed by atoms with Crippen molar-refractivity contribution in [2.75, 3.05) is 26.2 Å². The number of rotatable bonds is 4. The molecule has 1 heterocycles. The molecule has 88 valence electrons. The molecule has 0 aromatic carbocycles. The van der Waals surface area contributed by atoms with Gasteiger partial charge >= 0.3 is 0 Å². The molecule has 1 atom stereocenters. The van der Waals surface area contributed by atoms with Crippen molar-refractivity contribution >= 4 is 5.91 Å². The monoisotopic (exact) mass is 214 g/mol. The molecule has 0 aromatic heterocycles. The van der Waals surface area contributed by atoms with E-state index < -0.39 is 0 Å². The minimum atomic E-state index is -0.387. The lowest BCUT2D eigenvalue weighted by Gasteiger charge is -2.20. The van der Waals surface area contributed by atoms with Gasteiger partial charge in [-0.05, 0) is 19.8 Å². The highest BCUT2D eigenvalue weighted by Crippen LogP contribution is 2.09. The van der Waals surface area contributed by atoms with Gasteiger partial charge in [-0.1, -0.05) is 12.8 Å². The van der Waals surface area contributed by atoms with Crippen LogP contribution in [0.15, 0.2) is 0 Å². The Labute approximate surface area is 91.6 Å². The number of nitrogens with one attached hydrogen (secondary N) is 1. The van der Waals surface area contributed by atoms with E-state index in [2.05, 4.69) is 5.32 Å². The molecule has 1 amide bonds. The molecule has 1 unspecified atom stereocenters. The number of amides is 1. The molecule has 1 saturated heterocycles. The predicted octanol–water partition coefficient (Wildman–Crippen LogP) is 0.359. The van der Waals surface area contributed by atoms with Crippen LogP contribution in [0.1, 0.15) is 32.6 Å². The lowest BCUT2D eigenvalue weighted by molar-refractivity contribution is -0.130. The van der Waals surface area contributed by atoms with E-state index in [0.717, 1.165) is 25.9 Å². The summed E-state index contributed by atoms with van der Waals surface area (Å²) in [5, 5.41) is 12.0. The number of aliphatic hydroxyl groups excluding tert-OH is 1. The standard InChI is InChI=1S/C11H22N2O2/c1-10(14)8-12-9-11(15)13-6-4-2-3-5-7-13/h10,12,14H,2-9H2,1H3. The number of hydrogen-bond donors (Lipinski definition) is 2. The summed E-state index contributed by atoms with van der Waals surface area (Å²) in [6.07, 6.45) is 4.35. The fourth-order valence-electron chi connectivity index (χ4n) is 1.82. The van der Waals surface area contributed by atoms with Gasteiger partial charge in [0.1, 0.15) is 0 Å². The summed E-state index contributed by atoms with van der Waals surface area (Å²) in [5.41, 5.74) is 0. The maximum Gasteiger partial charge on any atom is 0.236 e. The second-order valence-electron chi connectivity index (χ2n) is 4.27. The second-order valence-corrected chi connectivity index (χ2v) is 4.27. The van der Waals surface area contributed by atoms with Crippen molar-refractivity contribution in [3.8, 4) is 0 Å². The van der Waals surface area contributed by atoms with Crippen LogP contribution >= 0.6 is 0 Å². The molecule has 1 aliphatic rings. The van der Waals surface area contributed by atoms with Crippen molar-refractivity contribution in [2.24, 2.45) is 0 Å². The molecule has 4 nitrogen and oxygen atoms in total. The molecule has 1 fully saturated rings. The van der Waals surface area contributed by atoms with Gasteiger partial charge in [-0.15, -0.1) is 0 Å². The topological polar surface area (TPSA) is 52.6 Å². The smallest absolute Gasteiger partial charge is 0.236 e. The van der Waals surface area contributed by atoms with E-state index in [1.54, 1.807) is 6.92 Å². The zero-order valence-corrected chi connectivity index (χ0v) is 9.54. The van der Waals surface area contributed by atoms with E-state index in [0.29, 0.717) is 13.1 Å². The summed E-state index contributed by atoms with van der Waals surface area (Å²) >= 11 is 0. The molecule has 15 heavy (non-hydrogen) atoms. The summed E-state index contributed by atoms with van der Waals surface area (Å²) in [7, 11) is 0. The Bertz CT molecular complexity index is 187. The van der Waals surface area contributed by atoms with Gasteiger partial charge < -0.3 is 15.3 Å². The molecule has 0 radical (unpaired) electrons. The molecule has 0 aliphatic carbocycles. The normalized spacial score (nSPS) is 19.7. The van der Waals surface area contributed by atoms with Crippen LogP contribution in [0.4, 0.5) is 0 Å². The van der Waals surface area contributed by atoms with Crippen molar-refractivity contribution in [3.05, 3.63) is 0 Å². The summed E-state index contributed by atoms with van der Waals surface area (Å²) in [5.74, 6) is 0.164. The molecule has 0 spiro atoms. The third kappa shape index (κ3) is 5.14. The third-order valence-corrected chi connectivity index (χ3v) is 2.67.